The largest absolute Gasteiger partial charge is 0.389 e. The Morgan fingerprint density at radius 3 is 2.00 bits per heavy atom. The molecule has 0 spiro atoms. The van der Waals surface area contributed by atoms with E-state index in [2.05, 4.69) is 63.5 Å². The van der Waals surface area contributed by atoms with E-state index in [0.717, 1.165) is 17.2 Å². The monoisotopic (exact) mass is 358 g/mol. The minimum atomic E-state index is -1.84. The fourth-order valence-corrected chi connectivity index (χ4v) is 10.7. The lowest BCUT2D eigenvalue weighted by atomic mass is 9.86. The first-order chi connectivity index (χ1) is 10.9. The molecule has 2 aliphatic carbocycles. The van der Waals surface area contributed by atoms with E-state index in [9.17, 15) is 9.90 Å². The van der Waals surface area contributed by atoms with Crippen LogP contribution in [0.3, 0.4) is 0 Å². The summed E-state index contributed by atoms with van der Waals surface area (Å²) in [6.07, 6.45) is 0.337. The molecule has 130 valence electrons. The number of aliphatic hydroxyl groups is 1. The second kappa shape index (κ2) is 5.02. The second-order valence-corrected chi connectivity index (χ2v) is 20.0. The van der Waals surface area contributed by atoms with E-state index in [1.165, 1.54) is 5.56 Å². The molecule has 1 fully saturated rings. The van der Waals surface area contributed by atoms with Crippen LogP contribution in [0.1, 0.15) is 18.9 Å². The average Bonchev–Trinajstić information content (AvgIpc) is 3.09. The Balaban J connectivity index is 2.36. The zero-order chi connectivity index (χ0) is 18.1. The number of allylic oxidation sites excluding steroid dienone is 1. The zero-order valence-corrected chi connectivity index (χ0v) is 18.0. The molecule has 24 heavy (non-hydrogen) atoms. The molecule has 1 saturated carbocycles. The van der Waals surface area contributed by atoms with Crippen molar-refractivity contribution in [1.82, 2.24) is 0 Å². The number of aliphatic hydroxyl groups excluding tert-OH is 1. The first kappa shape index (κ1) is 17.8. The highest BCUT2D eigenvalue weighted by Gasteiger charge is 2.82. The lowest BCUT2D eigenvalue weighted by Crippen LogP contribution is -2.40. The number of hydrogen-bond donors (Lipinski definition) is 1. The van der Waals surface area contributed by atoms with E-state index >= 15 is 0 Å². The molecule has 3 atom stereocenters. The molecule has 0 radical (unpaired) electrons. The summed E-state index contributed by atoms with van der Waals surface area (Å²) >= 11 is 0. The third-order valence-electron chi connectivity index (χ3n) is 6.19. The number of Topliss-reactive ketones (excluding diaryl/α,β-unsaturated/α-hetero) is 1. The van der Waals surface area contributed by atoms with Gasteiger partial charge in [-0.2, -0.15) is 0 Å². The molecule has 0 heterocycles. The summed E-state index contributed by atoms with van der Waals surface area (Å²) in [6.45, 7) is 15.5. The topological polar surface area (TPSA) is 37.3 Å². The van der Waals surface area contributed by atoms with Crippen LogP contribution in [0.25, 0.3) is 0 Å². The standard InChI is InChI=1S/C20H30O2Si2/c1-14(21)16-17(23(2,3)4)18(22)20(24(5,6)7)13-19(16,20)15-11-9-8-10-12-15/h8-12,14,21H,13H2,1-7H3. The Labute approximate surface area is 148 Å². The van der Waals surface area contributed by atoms with Crippen LogP contribution in [-0.4, -0.2) is 33.1 Å². The van der Waals surface area contributed by atoms with Gasteiger partial charge in [-0.15, -0.1) is 0 Å². The van der Waals surface area contributed by atoms with Gasteiger partial charge in [0.05, 0.1) is 22.3 Å². The fraction of sp³-hybridized carbons (Fsp3) is 0.550. The summed E-state index contributed by atoms with van der Waals surface area (Å²) in [4.78, 5) is 13.8. The van der Waals surface area contributed by atoms with Crippen molar-refractivity contribution in [2.75, 3.05) is 0 Å². The fourth-order valence-electron chi connectivity index (χ4n) is 5.28. The van der Waals surface area contributed by atoms with Crippen molar-refractivity contribution in [3.8, 4) is 0 Å². The molecule has 4 heteroatoms. The maximum absolute atomic E-state index is 13.8. The van der Waals surface area contributed by atoms with Crippen LogP contribution < -0.4 is 0 Å². The summed E-state index contributed by atoms with van der Waals surface area (Å²) in [5.74, 6) is 0.376. The van der Waals surface area contributed by atoms with E-state index in [1.807, 2.05) is 13.0 Å². The van der Waals surface area contributed by atoms with E-state index < -0.39 is 22.3 Å². The lowest BCUT2D eigenvalue weighted by Gasteiger charge is -2.31. The van der Waals surface area contributed by atoms with Crippen LogP contribution in [0.2, 0.25) is 44.3 Å². The number of hydrogen-bond acceptors (Lipinski definition) is 2. The molecule has 3 rings (SSSR count). The number of benzene rings is 1. The van der Waals surface area contributed by atoms with Gasteiger partial charge in [-0.05, 0) is 29.7 Å². The van der Waals surface area contributed by atoms with Crippen LogP contribution in [-0.2, 0) is 10.2 Å². The van der Waals surface area contributed by atoms with Crippen LogP contribution in [0, 0.1) is 0 Å². The Bertz CT molecular complexity index is 722. The number of carbonyl (C=O) groups excluding carboxylic acids is 1. The molecule has 0 saturated heterocycles. The maximum atomic E-state index is 13.8. The highest BCUT2D eigenvalue weighted by atomic mass is 28.3. The third kappa shape index (κ3) is 1.99. The second-order valence-electron chi connectivity index (χ2n) is 9.65. The average molecular weight is 359 g/mol. The molecular weight excluding hydrogens is 328 g/mol. The Hall–Kier alpha value is -0.976. The first-order valence-electron chi connectivity index (χ1n) is 8.95. The van der Waals surface area contributed by atoms with Gasteiger partial charge < -0.3 is 5.11 Å². The van der Waals surface area contributed by atoms with Crippen molar-refractivity contribution in [3.05, 3.63) is 46.7 Å². The number of fused-ring (bicyclic) bond motifs is 1. The van der Waals surface area contributed by atoms with Gasteiger partial charge in [-0.1, -0.05) is 69.6 Å². The van der Waals surface area contributed by atoms with E-state index in [-0.39, 0.29) is 10.5 Å². The van der Waals surface area contributed by atoms with Crippen molar-refractivity contribution in [3.63, 3.8) is 0 Å². The van der Waals surface area contributed by atoms with Gasteiger partial charge in [-0.3, -0.25) is 4.79 Å². The molecule has 1 N–H and O–H groups in total. The molecule has 0 aromatic heterocycles. The summed E-state index contributed by atoms with van der Waals surface area (Å²) in [6, 6.07) is 10.5. The Morgan fingerprint density at radius 1 is 1.04 bits per heavy atom. The predicted octanol–water partition coefficient (Wildman–Crippen LogP) is 4.54. The van der Waals surface area contributed by atoms with Gasteiger partial charge in [-0.25, -0.2) is 0 Å². The summed E-state index contributed by atoms with van der Waals surface area (Å²) < 4.78 is 0. The molecule has 2 aliphatic rings. The van der Waals surface area contributed by atoms with Gasteiger partial charge in [0.15, 0.2) is 5.78 Å². The van der Waals surface area contributed by atoms with Crippen molar-refractivity contribution in [1.29, 1.82) is 0 Å². The van der Waals surface area contributed by atoms with Gasteiger partial charge in [0, 0.05) is 10.5 Å². The number of ketones is 1. The molecule has 2 nitrogen and oxygen atoms in total. The van der Waals surface area contributed by atoms with Crippen LogP contribution in [0.5, 0.6) is 0 Å². The molecule has 1 aromatic rings. The Morgan fingerprint density at radius 2 is 1.58 bits per heavy atom. The molecule has 0 amide bonds. The molecule has 0 aliphatic heterocycles. The van der Waals surface area contributed by atoms with Gasteiger partial charge in [0.25, 0.3) is 0 Å². The van der Waals surface area contributed by atoms with E-state index in [0.29, 0.717) is 5.78 Å². The number of rotatable bonds is 4. The molecular formula is C20H30O2Si2. The quantitative estimate of drug-likeness (QED) is 0.802. The number of carbonyl (C=O) groups is 1. The van der Waals surface area contributed by atoms with Crippen LogP contribution >= 0.6 is 0 Å². The SMILES string of the molecule is CC(O)C1=C([Si](C)(C)C)C(=O)C2([Si](C)(C)C)CC12c1ccccc1. The van der Waals surface area contributed by atoms with Crippen LogP contribution in [0.15, 0.2) is 41.1 Å². The van der Waals surface area contributed by atoms with Crippen molar-refractivity contribution in [2.45, 2.75) is 69.2 Å². The Kier molecular flexibility index (Phi) is 3.73. The van der Waals surface area contributed by atoms with Gasteiger partial charge in [0.2, 0.25) is 0 Å². The highest BCUT2D eigenvalue weighted by molar-refractivity contribution is 6.92. The normalized spacial score (nSPS) is 31.2. The first-order valence-corrected chi connectivity index (χ1v) is 15.9. The van der Waals surface area contributed by atoms with Crippen molar-refractivity contribution >= 4 is 21.9 Å². The molecule has 3 unspecified atom stereocenters. The maximum Gasteiger partial charge on any atom is 0.159 e. The minimum Gasteiger partial charge on any atom is -0.389 e. The van der Waals surface area contributed by atoms with Gasteiger partial charge >= 0.3 is 0 Å². The lowest BCUT2D eigenvalue weighted by molar-refractivity contribution is -0.115. The van der Waals surface area contributed by atoms with Crippen molar-refractivity contribution in [2.24, 2.45) is 0 Å². The highest BCUT2D eigenvalue weighted by Crippen LogP contribution is 2.83. The van der Waals surface area contributed by atoms with Crippen molar-refractivity contribution < 1.29 is 9.90 Å². The third-order valence-corrected chi connectivity index (χ3v) is 11.6. The summed E-state index contributed by atoms with van der Waals surface area (Å²) in [5.41, 5.74) is 2.03. The zero-order valence-electron chi connectivity index (χ0n) is 16.0. The van der Waals surface area contributed by atoms with E-state index in [1.54, 1.807) is 0 Å². The smallest absolute Gasteiger partial charge is 0.159 e. The summed E-state index contributed by atoms with van der Waals surface area (Å²) in [7, 11) is -3.62. The van der Waals surface area contributed by atoms with E-state index in [4.69, 9.17) is 0 Å². The predicted molar refractivity (Wildman–Crippen MR) is 106 cm³/mol. The molecule has 0 bridgehead atoms. The van der Waals surface area contributed by atoms with Crippen LogP contribution in [0.4, 0.5) is 0 Å². The summed E-state index contributed by atoms with van der Waals surface area (Å²) in [5, 5.41) is 11.5. The van der Waals surface area contributed by atoms with Gasteiger partial charge in [0.1, 0.15) is 0 Å². The minimum absolute atomic E-state index is 0.250. The molecule has 1 aromatic carbocycles.